The molecule has 2 nitrogen and oxygen atoms in total. The quantitative estimate of drug-likeness (QED) is 0.468. The highest BCUT2D eigenvalue weighted by Gasteiger charge is 1.97. The molecular formula is C11H15NOS2. The Morgan fingerprint density at radius 3 is 3.00 bits per heavy atom. The molecule has 0 aliphatic carbocycles. The lowest BCUT2D eigenvalue weighted by Crippen LogP contribution is -2.01. The largest absolute Gasteiger partial charge is 0.494 e. The van der Waals surface area contributed by atoms with E-state index in [0.717, 1.165) is 30.9 Å². The van der Waals surface area contributed by atoms with Gasteiger partial charge in [0.1, 0.15) is 10.1 Å². The van der Waals surface area contributed by atoms with Crippen molar-refractivity contribution < 1.29 is 4.74 Å². The van der Waals surface area contributed by atoms with E-state index < -0.39 is 0 Å². The number of nitrogens with one attached hydrogen (secondary N) is 1. The van der Waals surface area contributed by atoms with Gasteiger partial charge in [0.15, 0.2) is 0 Å². The average Bonchev–Trinajstić information content (AvgIpc) is 2.18. The SMILES string of the molecule is CCCCOc1cccc(NC(=S)S)c1. The van der Waals surface area contributed by atoms with Gasteiger partial charge in [0, 0.05) is 11.8 Å². The van der Waals surface area contributed by atoms with Gasteiger partial charge < -0.3 is 10.1 Å². The summed E-state index contributed by atoms with van der Waals surface area (Å²) in [6.45, 7) is 2.89. The van der Waals surface area contributed by atoms with E-state index in [-0.39, 0.29) is 0 Å². The number of anilines is 1. The summed E-state index contributed by atoms with van der Waals surface area (Å²) < 4.78 is 6.02. The predicted octanol–water partition coefficient (Wildman–Crippen LogP) is 3.49. The minimum Gasteiger partial charge on any atom is -0.494 e. The molecule has 0 aliphatic rings. The first kappa shape index (κ1) is 12.3. The molecule has 0 radical (unpaired) electrons. The van der Waals surface area contributed by atoms with Gasteiger partial charge in [-0.25, -0.2) is 0 Å². The summed E-state index contributed by atoms with van der Waals surface area (Å²) in [5.74, 6) is 0.859. The van der Waals surface area contributed by atoms with Gasteiger partial charge in [-0.3, -0.25) is 0 Å². The Balaban J connectivity index is 2.53. The molecule has 0 heterocycles. The molecule has 0 spiro atoms. The molecule has 1 aromatic rings. The summed E-state index contributed by atoms with van der Waals surface area (Å²) in [6.07, 6.45) is 2.21. The van der Waals surface area contributed by atoms with Crippen LogP contribution < -0.4 is 10.1 Å². The van der Waals surface area contributed by atoms with Gasteiger partial charge in [-0.1, -0.05) is 31.6 Å². The number of ether oxygens (including phenoxy) is 1. The number of benzene rings is 1. The van der Waals surface area contributed by atoms with Crippen LogP contribution in [-0.2, 0) is 0 Å². The summed E-state index contributed by atoms with van der Waals surface area (Å²) >= 11 is 8.85. The zero-order chi connectivity index (χ0) is 11.1. The van der Waals surface area contributed by atoms with Gasteiger partial charge in [0.2, 0.25) is 0 Å². The van der Waals surface area contributed by atoms with E-state index in [1.807, 2.05) is 24.3 Å². The molecule has 0 unspecified atom stereocenters. The van der Waals surface area contributed by atoms with Crippen molar-refractivity contribution in [3.05, 3.63) is 24.3 Å². The second-order valence-electron chi connectivity index (χ2n) is 3.16. The van der Waals surface area contributed by atoms with Gasteiger partial charge in [-0.15, -0.1) is 12.6 Å². The Labute approximate surface area is 101 Å². The smallest absolute Gasteiger partial charge is 0.135 e. The average molecular weight is 241 g/mol. The van der Waals surface area contributed by atoms with Crippen molar-refractivity contribution >= 4 is 34.9 Å². The molecule has 4 heteroatoms. The van der Waals surface area contributed by atoms with Crippen LogP contribution in [0.15, 0.2) is 24.3 Å². The molecule has 0 fully saturated rings. The minimum absolute atomic E-state index is 0.459. The van der Waals surface area contributed by atoms with E-state index in [1.165, 1.54) is 0 Å². The topological polar surface area (TPSA) is 21.3 Å². The van der Waals surface area contributed by atoms with E-state index in [2.05, 4.69) is 24.9 Å². The van der Waals surface area contributed by atoms with Crippen LogP contribution in [0.1, 0.15) is 19.8 Å². The standard InChI is InChI=1S/C11H15NOS2/c1-2-3-7-13-10-6-4-5-9(8-10)12-11(14)15/h4-6,8H,2-3,7H2,1H3,(H2,12,14,15). The molecule has 1 N–H and O–H groups in total. The van der Waals surface area contributed by atoms with Gasteiger partial charge in [-0.05, 0) is 18.6 Å². The molecule has 0 bridgehead atoms. The van der Waals surface area contributed by atoms with Crippen molar-refractivity contribution in [2.24, 2.45) is 0 Å². The van der Waals surface area contributed by atoms with Gasteiger partial charge in [-0.2, -0.15) is 0 Å². The van der Waals surface area contributed by atoms with Crippen LogP contribution in [0.25, 0.3) is 0 Å². The highest BCUT2D eigenvalue weighted by atomic mass is 32.1. The van der Waals surface area contributed by atoms with E-state index in [0.29, 0.717) is 4.32 Å². The molecule has 0 aromatic heterocycles. The Morgan fingerprint density at radius 1 is 1.53 bits per heavy atom. The van der Waals surface area contributed by atoms with Crippen molar-refractivity contribution in [2.45, 2.75) is 19.8 Å². The maximum Gasteiger partial charge on any atom is 0.135 e. The number of hydrogen-bond donors (Lipinski definition) is 2. The first-order valence-corrected chi connectivity index (χ1v) is 5.80. The van der Waals surface area contributed by atoms with Crippen molar-refractivity contribution in [1.29, 1.82) is 0 Å². The van der Waals surface area contributed by atoms with Crippen LogP contribution in [0.3, 0.4) is 0 Å². The summed E-state index contributed by atoms with van der Waals surface area (Å²) in [7, 11) is 0. The highest BCUT2D eigenvalue weighted by Crippen LogP contribution is 2.17. The normalized spacial score (nSPS) is 9.73. The second kappa shape index (κ2) is 6.69. The van der Waals surface area contributed by atoms with Crippen LogP contribution in [0.2, 0.25) is 0 Å². The fourth-order valence-electron chi connectivity index (χ4n) is 1.12. The van der Waals surface area contributed by atoms with Crippen molar-refractivity contribution in [3.63, 3.8) is 0 Å². The molecule has 1 aromatic carbocycles. The molecular weight excluding hydrogens is 226 g/mol. The Morgan fingerprint density at radius 2 is 2.33 bits per heavy atom. The first-order valence-electron chi connectivity index (χ1n) is 4.95. The number of unbranched alkanes of at least 4 members (excludes halogenated alkanes) is 1. The highest BCUT2D eigenvalue weighted by molar-refractivity contribution is 8.11. The van der Waals surface area contributed by atoms with Crippen LogP contribution >= 0.6 is 24.8 Å². The Bertz CT molecular complexity index is 328. The lowest BCUT2D eigenvalue weighted by atomic mass is 10.3. The van der Waals surface area contributed by atoms with Gasteiger partial charge >= 0.3 is 0 Å². The molecule has 15 heavy (non-hydrogen) atoms. The molecule has 1 rings (SSSR count). The van der Waals surface area contributed by atoms with Gasteiger partial charge in [0.25, 0.3) is 0 Å². The molecule has 0 amide bonds. The summed E-state index contributed by atoms with van der Waals surface area (Å²) in [6, 6.07) is 7.70. The third-order valence-electron chi connectivity index (χ3n) is 1.85. The third-order valence-corrected chi connectivity index (χ3v) is 2.07. The summed E-state index contributed by atoms with van der Waals surface area (Å²) in [5, 5.41) is 2.95. The monoisotopic (exact) mass is 241 g/mol. The van der Waals surface area contributed by atoms with Crippen molar-refractivity contribution in [1.82, 2.24) is 0 Å². The summed E-state index contributed by atoms with van der Waals surface area (Å²) in [4.78, 5) is 0. The maximum atomic E-state index is 5.56. The third kappa shape index (κ3) is 5.04. The van der Waals surface area contributed by atoms with E-state index >= 15 is 0 Å². The number of rotatable bonds is 5. The lowest BCUT2D eigenvalue weighted by molar-refractivity contribution is 0.309. The van der Waals surface area contributed by atoms with Crippen LogP contribution in [-0.4, -0.2) is 10.9 Å². The van der Waals surface area contributed by atoms with E-state index in [9.17, 15) is 0 Å². The van der Waals surface area contributed by atoms with Gasteiger partial charge in [0.05, 0.1) is 6.61 Å². The van der Waals surface area contributed by atoms with Crippen LogP contribution in [0.4, 0.5) is 5.69 Å². The summed E-state index contributed by atoms with van der Waals surface area (Å²) in [5.41, 5.74) is 0.906. The molecule has 0 saturated heterocycles. The lowest BCUT2D eigenvalue weighted by Gasteiger charge is -2.08. The molecule has 0 aliphatic heterocycles. The second-order valence-corrected chi connectivity index (χ2v) is 4.32. The van der Waals surface area contributed by atoms with E-state index in [1.54, 1.807) is 0 Å². The van der Waals surface area contributed by atoms with Crippen LogP contribution in [0, 0.1) is 0 Å². The minimum atomic E-state index is 0.459. The molecule has 0 saturated carbocycles. The molecule has 82 valence electrons. The number of hydrogen-bond acceptors (Lipinski definition) is 2. The fourth-order valence-corrected chi connectivity index (χ4v) is 1.37. The molecule has 0 atom stereocenters. The zero-order valence-corrected chi connectivity index (χ0v) is 10.4. The zero-order valence-electron chi connectivity index (χ0n) is 8.69. The van der Waals surface area contributed by atoms with Crippen molar-refractivity contribution in [2.75, 3.05) is 11.9 Å². The van der Waals surface area contributed by atoms with Crippen molar-refractivity contribution in [3.8, 4) is 5.75 Å². The maximum absolute atomic E-state index is 5.56. The first-order chi connectivity index (χ1) is 7.22. The Hall–Kier alpha value is -0.740. The number of thiocarbonyl (C=S) groups is 1. The van der Waals surface area contributed by atoms with E-state index in [4.69, 9.17) is 17.0 Å². The number of thiol groups is 1. The van der Waals surface area contributed by atoms with Crippen LogP contribution in [0.5, 0.6) is 5.75 Å². The predicted molar refractivity (Wildman–Crippen MR) is 72.1 cm³/mol. The Kier molecular flexibility index (Phi) is 5.50. The fraction of sp³-hybridized carbons (Fsp3) is 0.364.